The van der Waals surface area contributed by atoms with Crippen molar-refractivity contribution in [2.75, 3.05) is 4.72 Å². The Labute approximate surface area is 150 Å². The molecule has 0 spiro atoms. The average molecular weight is 366 g/mol. The highest BCUT2D eigenvalue weighted by atomic mass is 32.2. The van der Waals surface area contributed by atoms with E-state index in [0.717, 1.165) is 5.56 Å². The summed E-state index contributed by atoms with van der Waals surface area (Å²) in [4.78, 5) is 16.7. The van der Waals surface area contributed by atoms with Crippen molar-refractivity contribution in [1.82, 2.24) is 9.71 Å². The maximum absolute atomic E-state index is 12.5. The van der Waals surface area contributed by atoms with Crippen molar-refractivity contribution in [2.24, 2.45) is 0 Å². The first-order valence-electron chi connectivity index (χ1n) is 7.59. The third kappa shape index (κ3) is 3.63. The Morgan fingerprint density at radius 1 is 1.12 bits per heavy atom. The van der Waals surface area contributed by atoms with Crippen LogP contribution in [0.5, 0.6) is 0 Å². The zero-order chi connectivity index (χ0) is 18.7. The zero-order valence-corrected chi connectivity index (χ0v) is 14.5. The van der Waals surface area contributed by atoms with Gasteiger partial charge in [-0.05, 0) is 48.9 Å². The Bertz CT molecular complexity index is 1130. The van der Waals surface area contributed by atoms with Crippen LogP contribution in [0, 0.1) is 18.3 Å². The van der Waals surface area contributed by atoms with E-state index in [-0.39, 0.29) is 11.3 Å². The molecule has 0 radical (unpaired) electrons. The van der Waals surface area contributed by atoms with Crippen LogP contribution in [0.3, 0.4) is 0 Å². The number of nitrogens with one attached hydrogen (secondary N) is 2. The lowest BCUT2D eigenvalue weighted by Gasteiger charge is -2.11. The minimum Gasteiger partial charge on any atom is -0.268 e. The van der Waals surface area contributed by atoms with E-state index in [9.17, 15) is 13.2 Å². The number of amides is 1. The second-order valence-electron chi connectivity index (χ2n) is 5.56. The van der Waals surface area contributed by atoms with Crippen molar-refractivity contribution in [3.8, 4) is 6.07 Å². The normalized spacial score (nSPS) is 10.9. The largest absolute Gasteiger partial charge is 0.323 e. The van der Waals surface area contributed by atoms with Crippen molar-refractivity contribution in [1.29, 1.82) is 5.26 Å². The van der Waals surface area contributed by atoms with Gasteiger partial charge in [-0.15, -0.1) is 0 Å². The van der Waals surface area contributed by atoms with Crippen LogP contribution in [0.2, 0.25) is 0 Å². The highest BCUT2D eigenvalue weighted by Crippen LogP contribution is 2.20. The summed E-state index contributed by atoms with van der Waals surface area (Å²) in [6.07, 6.45) is 1.61. The predicted octanol–water partition coefficient (Wildman–Crippen LogP) is 2.50. The van der Waals surface area contributed by atoms with Gasteiger partial charge in [-0.3, -0.25) is 14.5 Å². The molecular formula is C18H14N4O3S. The molecule has 1 aromatic heterocycles. The van der Waals surface area contributed by atoms with Gasteiger partial charge < -0.3 is 0 Å². The SMILES string of the molecule is Cc1ccc(C(=O)NS(=O)(=O)Nc2ccc(C#N)cc2)c2cccnc12. The van der Waals surface area contributed by atoms with E-state index in [0.29, 0.717) is 16.5 Å². The Hall–Kier alpha value is -3.44. The topological polar surface area (TPSA) is 112 Å². The fraction of sp³-hybridized carbons (Fsp3) is 0.0556. The molecule has 1 amide bonds. The molecule has 8 heteroatoms. The first-order valence-corrected chi connectivity index (χ1v) is 9.07. The number of hydrogen-bond acceptors (Lipinski definition) is 5. The molecule has 3 rings (SSSR count). The Morgan fingerprint density at radius 3 is 2.54 bits per heavy atom. The van der Waals surface area contributed by atoms with Crippen LogP contribution >= 0.6 is 0 Å². The molecule has 0 unspecified atom stereocenters. The lowest BCUT2D eigenvalue weighted by molar-refractivity contribution is 0.0983. The second-order valence-corrected chi connectivity index (χ2v) is 6.97. The van der Waals surface area contributed by atoms with Gasteiger partial charge in [-0.25, -0.2) is 4.72 Å². The lowest BCUT2D eigenvalue weighted by Crippen LogP contribution is -2.35. The first-order chi connectivity index (χ1) is 12.4. The summed E-state index contributed by atoms with van der Waals surface area (Å²) in [7, 11) is -4.13. The Morgan fingerprint density at radius 2 is 1.85 bits per heavy atom. The number of carbonyl (C=O) groups excluding carboxylic acids is 1. The molecular weight excluding hydrogens is 352 g/mol. The molecule has 0 fully saturated rings. The maximum Gasteiger partial charge on any atom is 0.323 e. The third-order valence-corrected chi connectivity index (χ3v) is 4.67. The minimum atomic E-state index is -4.13. The summed E-state index contributed by atoms with van der Waals surface area (Å²) in [5, 5.41) is 9.33. The van der Waals surface area contributed by atoms with Gasteiger partial charge >= 0.3 is 10.2 Å². The first kappa shape index (κ1) is 17.4. The summed E-state index contributed by atoms with van der Waals surface area (Å²) < 4.78 is 28.7. The average Bonchev–Trinajstić information content (AvgIpc) is 2.62. The molecule has 2 N–H and O–H groups in total. The molecule has 1 heterocycles. The number of aryl methyl sites for hydroxylation is 1. The van der Waals surface area contributed by atoms with Crippen LogP contribution in [-0.2, 0) is 10.2 Å². The van der Waals surface area contributed by atoms with Gasteiger partial charge in [-0.1, -0.05) is 12.1 Å². The smallest absolute Gasteiger partial charge is 0.268 e. The highest BCUT2D eigenvalue weighted by molar-refractivity contribution is 7.91. The molecule has 0 atom stereocenters. The highest BCUT2D eigenvalue weighted by Gasteiger charge is 2.18. The van der Waals surface area contributed by atoms with Crippen molar-refractivity contribution >= 4 is 32.7 Å². The summed E-state index contributed by atoms with van der Waals surface area (Å²) in [6.45, 7) is 1.86. The van der Waals surface area contributed by atoms with Crippen LogP contribution in [0.15, 0.2) is 54.7 Å². The van der Waals surface area contributed by atoms with E-state index in [2.05, 4.69) is 9.71 Å². The van der Waals surface area contributed by atoms with Crippen LogP contribution in [0.4, 0.5) is 5.69 Å². The number of anilines is 1. The minimum absolute atomic E-state index is 0.212. The van der Waals surface area contributed by atoms with E-state index in [1.807, 2.05) is 17.7 Å². The van der Waals surface area contributed by atoms with Gasteiger partial charge in [0, 0.05) is 17.1 Å². The van der Waals surface area contributed by atoms with Crippen LogP contribution in [0.1, 0.15) is 21.5 Å². The van der Waals surface area contributed by atoms with Crippen LogP contribution < -0.4 is 9.44 Å². The van der Waals surface area contributed by atoms with Crippen LogP contribution in [0.25, 0.3) is 10.9 Å². The number of benzene rings is 2. The number of aromatic nitrogens is 1. The summed E-state index contributed by atoms with van der Waals surface area (Å²) in [5.41, 5.74) is 2.37. The van der Waals surface area contributed by atoms with Gasteiger partial charge in [0.2, 0.25) is 0 Å². The third-order valence-electron chi connectivity index (χ3n) is 3.71. The molecule has 130 valence electrons. The monoisotopic (exact) mass is 366 g/mol. The number of fused-ring (bicyclic) bond motifs is 1. The molecule has 3 aromatic rings. The standard InChI is InChI=1S/C18H14N4O3S/c1-12-4-9-16(15-3-2-10-20-17(12)15)18(23)22-26(24,25)21-14-7-5-13(11-19)6-8-14/h2-10,21H,1H3,(H,22,23). The van der Waals surface area contributed by atoms with E-state index < -0.39 is 16.1 Å². The molecule has 26 heavy (non-hydrogen) atoms. The van der Waals surface area contributed by atoms with Gasteiger partial charge in [-0.2, -0.15) is 13.7 Å². The Kier molecular flexibility index (Phi) is 4.56. The molecule has 0 bridgehead atoms. The summed E-state index contributed by atoms with van der Waals surface area (Å²) >= 11 is 0. The van der Waals surface area contributed by atoms with Crippen molar-refractivity contribution < 1.29 is 13.2 Å². The number of pyridine rings is 1. The molecule has 2 aromatic carbocycles. The van der Waals surface area contributed by atoms with Crippen molar-refractivity contribution in [3.63, 3.8) is 0 Å². The van der Waals surface area contributed by atoms with E-state index in [1.165, 1.54) is 24.3 Å². The Balaban J connectivity index is 1.85. The van der Waals surface area contributed by atoms with Gasteiger partial charge in [0.1, 0.15) is 0 Å². The molecule has 0 saturated heterocycles. The molecule has 7 nitrogen and oxygen atoms in total. The van der Waals surface area contributed by atoms with Gasteiger partial charge in [0.15, 0.2) is 0 Å². The second kappa shape index (κ2) is 6.82. The number of rotatable bonds is 4. The summed E-state index contributed by atoms with van der Waals surface area (Å²) in [6, 6.07) is 14.4. The van der Waals surface area contributed by atoms with Crippen molar-refractivity contribution in [2.45, 2.75) is 6.92 Å². The quantitative estimate of drug-likeness (QED) is 0.737. The van der Waals surface area contributed by atoms with Gasteiger partial charge in [0.05, 0.1) is 22.8 Å². The maximum atomic E-state index is 12.5. The number of nitrogens with zero attached hydrogens (tertiary/aromatic N) is 2. The summed E-state index contributed by atoms with van der Waals surface area (Å²) in [5.74, 6) is -0.760. The number of hydrogen-bond donors (Lipinski definition) is 2. The van der Waals surface area contributed by atoms with E-state index in [1.54, 1.807) is 30.5 Å². The molecule has 0 aliphatic rings. The van der Waals surface area contributed by atoms with E-state index in [4.69, 9.17) is 5.26 Å². The van der Waals surface area contributed by atoms with Gasteiger partial charge in [0.25, 0.3) is 5.91 Å². The number of carbonyl (C=O) groups is 1. The predicted molar refractivity (Wildman–Crippen MR) is 97.6 cm³/mol. The zero-order valence-electron chi connectivity index (χ0n) is 13.7. The molecule has 0 aliphatic carbocycles. The lowest BCUT2D eigenvalue weighted by atomic mass is 10.0. The fourth-order valence-corrected chi connectivity index (χ4v) is 3.33. The fourth-order valence-electron chi connectivity index (χ4n) is 2.48. The van der Waals surface area contributed by atoms with Crippen LogP contribution in [-0.4, -0.2) is 19.3 Å². The molecule has 0 saturated carbocycles. The van der Waals surface area contributed by atoms with Crippen molar-refractivity contribution in [3.05, 3.63) is 71.4 Å². The van der Waals surface area contributed by atoms with E-state index >= 15 is 0 Å². The number of nitriles is 1. The molecule has 0 aliphatic heterocycles.